The number of aromatic amines is 1. The Morgan fingerprint density at radius 1 is 0.943 bits per heavy atom. The first-order valence-electron chi connectivity index (χ1n) is 10.6. The van der Waals surface area contributed by atoms with Gasteiger partial charge in [-0.15, -0.1) is 0 Å². The third kappa shape index (κ3) is 4.79. The van der Waals surface area contributed by atoms with E-state index in [4.69, 9.17) is 25.8 Å². The first-order valence-corrected chi connectivity index (χ1v) is 11.0. The van der Waals surface area contributed by atoms with E-state index in [9.17, 15) is 9.18 Å². The van der Waals surface area contributed by atoms with Crippen molar-refractivity contribution in [2.24, 2.45) is 4.99 Å². The van der Waals surface area contributed by atoms with Crippen molar-refractivity contribution >= 4 is 23.0 Å². The molecule has 0 aliphatic rings. The molecule has 0 atom stereocenters. The monoisotopic (exact) mass is 495 g/mol. The average molecular weight is 496 g/mol. The fourth-order valence-electron chi connectivity index (χ4n) is 3.68. The van der Waals surface area contributed by atoms with Crippen molar-refractivity contribution in [2.75, 3.05) is 21.3 Å². The van der Waals surface area contributed by atoms with Gasteiger partial charge < -0.3 is 14.2 Å². The van der Waals surface area contributed by atoms with Crippen LogP contribution in [0.15, 0.2) is 70.5 Å². The lowest BCUT2D eigenvalue weighted by atomic mass is 10.0. The normalized spacial score (nSPS) is 11.4. The van der Waals surface area contributed by atoms with Crippen LogP contribution in [0.3, 0.4) is 0 Å². The van der Waals surface area contributed by atoms with Gasteiger partial charge in [0.15, 0.2) is 0 Å². The number of halogens is 2. The van der Waals surface area contributed by atoms with Crippen LogP contribution in [0.4, 0.5) is 10.1 Å². The number of ether oxygens (including phenoxy) is 3. The molecule has 0 spiro atoms. The van der Waals surface area contributed by atoms with Crippen LogP contribution < -0.4 is 19.8 Å². The number of aliphatic imine (C=N–C) groups is 1. The van der Waals surface area contributed by atoms with Crippen molar-refractivity contribution in [2.45, 2.75) is 6.92 Å². The molecule has 9 heteroatoms. The van der Waals surface area contributed by atoms with Gasteiger partial charge in [-0.25, -0.2) is 14.1 Å². The van der Waals surface area contributed by atoms with E-state index in [1.54, 1.807) is 38.3 Å². The molecular formula is C26H23ClFN3O4. The average Bonchev–Trinajstić information content (AvgIpc) is 3.22. The summed E-state index contributed by atoms with van der Waals surface area (Å²) in [7, 11) is 4.59. The molecule has 180 valence electrons. The molecule has 3 aromatic carbocycles. The van der Waals surface area contributed by atoms with Gasteiger partial charge in [-0.1, -0.05) is 11.6 Å². The third-order valence-electron chi connectivity index (χ3n) is 5.46. The maximum atomic E-state index is 13.6. The molecule has 1 heterocycles. The van der Waals surface area contributed by atoms with E-state index >= 15 is 0 Å². The Hall–Kier alpha value is -4.04. The fraction of sp³-hybridized carbons (Fsp3) is 0.154. The molecule has 4 rings (SSSR count). The number of H-pyrrole nitrogens is 1. The van der Waals surface area contributed by atoms with Crippen LogP contribution in [0.2, 0.25) is 5.02 Å². The number of rotatable bonds is 7. The minimum absolute atomic E-state index is 0.343. The molecule has 1 aromatic heterocycles. The van der Waals surface area contributed by atoms with Crippen molar-refractivity contribution in [3.63, 3.8) is 0 Å². The molecule has 0 aliphatic heterocycles. The minimum atomic E-state index is -0.398. The second-order valence-electron chi connectivity index (χ2n) is 7.56. The van der Waals surface area contributed by atoms with Crippen LogP contribution >= 0.6 is 11.6 Å². The molecule has 0 unspecified atom stereocenters. The Labute approximate surface area is 206 Å². The number of nitrogens with zero attached hydrogens (tertiary/aromatic N) is 2. The zero-order chi connectivity index (χ0) is 25.1. The molecule has 1 N–H and O–H groups in total. The minimum Gasteiger partial charge on any atom is -0.497 e. The molecular weight excluding hydrogens is 473 g/mol. The summed E-state index contributed by atoms with van der Waals surface area (Å²) in [5.41, 5.74) is 2.65. The van der Waals surface area contributed by atoms with Crippen LogP contribution in [0.1, 0.15) is 12.5 Å². The zero-order valence-corrected chi connectivity index (χ0v) is 20.3. The summed E-state index contributed by atoms with van der Waals surface area (Å²) in [6.45, 7) is 1.73. The summed E-state index contributed by atoms with van der Waals surface area (Å²) in [5, 5.41) is 3.52. The van der Waals surface area contributed by atoms with E-state index in [0.717, 1.165) is 5.56 Å². The van der Waals surface area contributed by atoms with E-state index in [2.05, 4.69) is 10.1 Å². The Kier molecular flexibility index (Phi) is 6.93. The second kappa shape index (κ2) is 10.1. The van der Waals surface area contributed by atoms with Gasteiger partial charge in [0.25, 0.3) is 5.56 Å². The summed E-state index contributed by atoms with van der Waals surface area (Å²) in [6, 6.07) is 16.1. The SMILES string of the molecule is COc1ccc(-c2[nH]n(-c3ccc(F)cc3)c(=O)c2C(C)=Nc2cc(OC)c(Cl)cc2OC)cc1. The van der Waals surface area contributed by atoms with Crippen LogP contribution in [-0.4, -0.2) is 36.8 Å². The predicted octanol–water partition coefficient (Wildman–Crippen LogP) is 5.79. The van der Waals surface area contributed by atoms with Gasteiger partial charge in [0.1, 0.15) is 28.8 Å². The first kappa shape index (κ1) is 24.1. The molecule has 0 bridgehead atoms. The highest BCUT2D eigenvalue weighted by Gasteiger charge is 2.20. The Bertz CT molecular complexity index is 1440. The van der Waals surface area contributed by atoms with Gasteiger partial charge in [-0.05, 0) is 55.5 Å². The van der Waals surface area contributed by atoms with Crippen LogP contribution in [0.5, 0.6) is 17.2 Å². The number of hydrogen-bond donors (Lipinski definition) is 1. The summed E-state index contributed by atoms with van der Waals surface area (Å²) >= 11 is 6.22. The van der Waals surface area contributed by atoms with Crippen LogP contribution in [-0.2, 0) is 0 Å². The topological polar surface area (TPSA) is 77.8 Å². The van der Waals surface area contributed by atoms with Gasteiger partial charge in [-0.3, -0.25) is 9.89 Å². The van der Waals surface area contributed by atoms with Crippen molar-refractivity contribution in [1.82, 2.24) is 9.78 Å². The molecule has 0 amide bonds. The number of nitrogens with one attached hydrogen (secondary N) is 1. The fourth-order valence-corrected chi connectivity index (χ4v) is 3.91. The summed E-state index contributed by atoms with van der Waals surface area (Å²) < 4.78 is 30.8. The molecule has 0 radical (unpaired) electrons. The first-order chi connectivity index (χ1) is 16.9. The zero-order valence-electron chi connectivity index (χ0n) is 19.6. The summed E-state index contributed by atoms with van der Waals surface area (Å²) in [5.74, 6) is 1.13. The molecule has 0 saturated carbocycles. The second-order valence-corrected chi connectivity index (χ2v) is 7.97. The molecule has 0 saturated heterocycles. The molecule has 35 heavy (non-hydrogen) atoms. The number of benzene rings is 3. The maximum absolute atomic E-state index is 13.6. The molecule has 0 fully saturated rings. The Morgan fingerprint density at radius 3 is 2.20 bits per heavy atom. The van der Waals surface area contributed by atoms with Crippen molar-refractivity contribution in [1.29, 1.82) is 0 Å². The van der Waals surface area contributed by atoms with Gasteiger partial charge in [0, 0.05) is 17.7 Å². The third-order valence-corrected chi connectivity index (χ3v) is 5.75. The number of methoxy groups -OCH3 is 3. The molecule has 0 aliphatic carbocycles. The van der Waals surface area contributed by atoms with E-state index in [1.165, 1.54) is 43.2 Å². The largest absolute Gasteiger partial charge is 0.497 e. The van der Waals surface area contributed by atoms with Crippen molar-refractivity contribution in [3.8, 4) is 34.2 Å². The molecule has 7 nitrogen and oxygen atoms in total. The van der Waals surface area contributed by atoms with Crippen molar-refractivity contribution < 1.29 is 18.6 Å². The van der Waals surface area contributed by atoms with E-state index < -0.39 is 5.82 Å². The Morgan fingerprint density at radius 2 is 1.60 bits per heavy atom. The van der Waals surface area contributed by atoms with E-state index in [1.807, 2.05) is 12.1 Å². The standard InChI is InChI=1S/C26H23ClFN3O4/c1-15(29-21-14-22(34-3)20(27)13-23(21)35-4)24-25(16-5-11-19(33-2)12-6-16)30-31(26(24)32)18-9-7-17(28)8-10-18/h5-14,30H,1-4H3. The number of hydrogen-bond acceptors (Lipinski definition) is 5. The summed E-state index contributed by atoms with van der Waals surface area (Å²) in [6.07, 6.45) is 0. The highest BCUT2D eigenvalue weighted by molar-refractivity contribution is 6.32. The van der Waals surface area contributed by atoms with Gasteiger partial charge in [0.05, 0.1) is 49.0 Å². The van der Waals surface area contributed by atoms with E-state index in [0.29, 0.717) is 50.6 Å². The summed E-state index contributed by atoms with van der Waals surface area (Å²) in [4.78, 5) is 18.3. The smallest absolute Gasteiger partial charge is 0.280 e. The van der Waals surface area contributed by atoms with Gasteiger partial charge >= 0.3 is 0 Å². The lowest BCUT2D eigenvalue weighted by Gasteiger charge is -2.10. The highest BCUT2D eigenvalue weighted by Crippen LogP contribution is 2.38. The molecule has 4 aromatic rings. The van der Waals surface area contributed by atoms with Gasteiger partial charge in [0.2, 0.25) is 0 Å². The van der Waals surface area contributed by atoms with Crippen LogP contribution in [0.25, 0.3) is 16.9 Å². The predicted molar refractivity (Wildman–Crippen MR) is 135 cm³/mol. The lowest BCUT2D eigenvalue weighted by molar-refractivity contribution is 0.404. The van der Waals surface area contributed by atoms with Crippen LogP contribution in [0, 0.1) is 5.82 Å². The van der Waals surface area contributed by atoms with Gasteiger partial charge in [-0.2, -0.15) is 0 Å². The van der Waals surface area contributed by atoms with E-state index in [-0.39, 0.29) is 5.56 Å². The highest BCUT2D eigenvalue weighted by atomic mass is 35.5. The maximum Gasteiger partial charge on any atom is 0.280 e. The Balaban J connectivity index is 1.93. The van der Waals surface area contributed by atoms with Crippen molar-refractivity contribution in [3.05, 3.63) is 87.4 Å². The quantitative estimate of drug-likeness (QED) is 0.329. The number of aromatic nitrogens is 2. The lowest BCUT2D eigenvalue weighted by Crippen LogP contribution is -2.19.